The molecule has 1 aliphatic rings. The van der Waals surface area contributed by atoms with Gasteiger partial charge in [-0.3, -0.25) is 4.72 Å². The minimum atomic E-state index is -3.73. The van der Waals surface area contributed by atoms with Crippen LogP contribution in [0.15, 0.2) is 47.4 Å². The Hall–Kier alpha value is -2.00. The molecule has 0 spiro atoms. The molecule has 2 aromatic rings. The highest BCUT2D eigenvalue weighted by Crippen LogP contribution is 2.32. The van der Waals surface area contributed by atoms with Gasteiger partial charge >= 0.3 is 0 Å². The van der Waals surface area contributed by atoms with Crippen molar-refractivity contribution in [2.24, 2.45) is 0 Å². The minimum absolute atomic E-state index is 0. The molecule has 0 atom stereocenters. The maximum atomic E-state index is 13.0. The van der Waals surface area contributed by atoms with E-state index >= 15 is 0 Å². The molecular formula is C20H28ClN3O4S. The van der Waals surface area contributed by atoms with E-state index in [2.05, 4.69) is 14.9 Å². The number of sulfonamides is 1. The highest BCUT2D eigenvalue weighted by atomic mass is 35.5. The van der Waals surface area contributed by atoms with E-state index in [0.29, 0.717) is 18.0 Å². The Bertz CT molecular complexity index is 900. The number of halogens is 1. The van der Waals surface area contributed by atoms with Crippen molar-refractivity contribution in [2.75, 3.05) is 50.0 Å². The van der Waals surface area contributed by atoms with Crippen LogP contribution in [-0.2, 0) is 21.4 Å². The first kappa shape index (κ1) is 23.3. The molecule has 2 N–H and O–H groups in total. The fourth-order valence-corrected chi connectivity index (χ4v) is 4.35. The van der Waals surface area contributed by atoms with Crippen LogP contribution in [0, 0.1) is 0 Å². The monoisotopic (exact) mass is 441 g/mol. The van der Waals surface area contributed by atoms with E-state index in [-0.39, 0.29) is 17.3 Å². The van der Waals surface area contributed by atoms with Crippen molar-refractivity contribution < 1.29 is 17.9 Å². The zero-order valence-electron chi connectivity index (χ0n) is 16.7. The predicted molar refractivity (Wildman–Crippen MR) is 118 cm³/mol. The summed E-state index contributed by atoms with van der Waals surface area (Å²) >= 11 is 0. The van der Waals surface area contributed by atoms with Crippen molar-refractivity contribution in [3.8, 4) is 5.75 Å². The molecule has 0 aromatic heterocycles. The number of nitrogens with one attached hydrogen (secondary N) is 2. The average molecular weight is 442 g/mol. The number of anilines is 2. The summed E-state index contributed by atoms with van der Waals surface area (Å²) in [5.41, 5.74) is 2.20. The Labute approximate surface area is 178 Å². The number of nitrogens with zero attached hydrogens (tertiary/aromatic N) is 1. The lowest BCUT2D eigenvalue weighted by molar-refractivity contribution is 0.185. The SMILES string of the molecule is COCc1cccc(NS(=O)(=O)c2ccc(OC)c(N3CCCNCC3)c2)c1.Cl. The summed E-state index contributed by atoms with van der Waals surface area (Å²) in [6.45, 7) is 3.87. The minimum Gasteiger partial charge on any atom is -0.495 e. The fourth-order valence-electron chi connectivity index (χ4n) is 3.28. The molecule has 29 heavy (non-hydrogen) atoms. The van der Waals surface area contributed by atoms with Crippen molar-refractivity contribution >= 4 is 33.8 Å². The highest BCUT2D eigenvalue weighted by Gasteiger charge is 2.20. The van der Waals surface area contributed by atoms with Gasteiger partial charge in [0.05, 0.1) is 24.3 Å². The molecule has 0 unspecified atom stereocenters. The van der Waals surface area contributed by atoms with E-state index in [1.165, 1.54) is 0 Å². The first-order valence-corrected chi connectivity index (χ1v) is 10.8. The molecule has 0 radical (unpaired) electrons. The van der Waals surface area contributed by atoms with Crippen molar-refractivity contribution in [3.63, 3.8) is 0 Å². The number of hydrogen-bond donors (Lipinski definition) is 2. The van der Waals surface area contributed by atoms with Crippen LogP contribution in [0.1, 0.15) is 12.0 Å². The molecule has 1 saturated heterocycles. The van der Waals surface area contributed by atoms with E-state index in [1.807, 2.05) is 6.07 Å². The van der Waals surface area contributed by atoms with Gasteiger partial charge in [-0.15, -0.1) is 12.4 Å². The van der Waals surface area contributed by atoms with Crippen LogP contribution >= 0.6 is 12.4 Å². The van der Waals surface area contributed by atoms with Gasteiger partial charge in [-0.1, -0.05) is 12.1 Å². The van der Waals surface area contributed by atoms with Gasteiger partial charge in [-0.25, -0.2) is 8.42 Å². The summed E-state index contributed by atoms with van der Waals surface area (Å²) in [5.74, 6) is 0.669. The van der Waals surface area contributed by atoms with Crippen LogP contribution in [0.4, 0.5) is 11.4 Å². The molecule has 0 saturated carbocycles. The standard InChI is InChI=1S/C20H27N3O4S.ClH/c1-26-15-16-5-3-6-17(13-16)22-28(24,25)18-7-8-20(27-2)19(14-18)23-11-4-9-21-10-12-23;/h3,5-8,13-14,21-22H,4,9-12,15H2,1-2H3;1H. The van der Waals surface area contributed by atoms with Gasteiger partial charge in [0, 0.05) is 32.4 Å². The molecule has 9 heteroatoms. The molecular weight excluding hydrogens is 414 g/mol. The average Bonchev–Trinajstić information content (AvgIpc) is 2.97. The molecule has 1 fully saturated rings. The molecule has 0 amide bonds. The molecule has 0 aliphatic carbocycles. The molecule has 1 heterocycles. The second-order valence-electron chi connectivity index (χ2n) is 6.66. The summed E-state index contributed by atoms with van der Waals surface area (Å²) in [5, 5.41) is 3.35. The van der Waals surface area contributed by atoms with Crippen molar-refractivity contribution in [1.29, 1.82) is 0 Å². The molecule has 160 valence electrons. The molecule has 2 aromatic carbocycles. The molecule has 1 aliphatic heterocycles. The number of ether oxygens (including phenoxy) is 2. The first-order valence-electron chi connectivity index (χ1n) is 9.28. The maximum Gasteiger partial charge on any atom is 0.261 e. The maximum absolute atomic E-state index is 13.0. The largest absolute Gasteiger partial charge is 0.495 e. The second kappa shape index (κ2) is 10.7. The number of rotatable bonds is 7. The first-order chi connectivity index (χ1) is 13.5. The summed E-state index contributed by atoms with van der Waals surface area (Å²) in [4.78, 5) is 2.37. The smallest absolute Gasteiger partial charge is 0.261 e. The van der Waals surface area contributed by atoms with Crippen LogP contribution in [0.5, 0.6) is 5.75 Å². The Kier molecular flexibility index (Phi) is 8.58. The predicted octanol–water partition coefficient (Wildman–Crippen LogP) is 2.86. The number of benzene rings is 2. The molecule has 7 nitrogen and oxygen atoms in total. The molecule has 3 rings (SSSR count). The van der Waals surface area contributed by atoms with Crippen LogP contribution in [0.2, 0.25) is 0 Å². The third kappa shape index (κ3) is 5.99. The van der Waals surface area contributed by atoms with Crippen molar-refractivity contribution in [1.82, 2.24) is 5.32 Å². The van der Waals surface area contributed by atoms with Crippen molar-refractivity contribution in [2.45, 2.75) is 17.9 Å². The quantitative estimate of drug-likeness (QED) is 0.687. The number of hydrogen-bond acceptors (Lipinski definition) is 6. The van der Waals surface area contributed by atoms with E-state index in [1.54, 1.807) is 50.6 Å². The summed E-state index contributed by atoms with van der Waals surface area (Å²) in [6.07, 6.45) is 0.991. The number of methoxy groups -OCH3 is 2. The summed E-state index contributed by atoms with van der Waals surface area (Å²) in [7, 11) is -0.524. The highest BCUT2D eigenvalue weighted by molar-refractivity contribution is 7.92. The summed E-state index contributed by atoms with van der Waals surface area (Å²) < 4.78 is 39.2. The van der Waals surface area contributed by atoms with E-state index < -0.39 is 10.0 Å². The Morgan fingerprint density at radius 3 is 2.69 bits per heavy atom. The lowest BCUT2D eigenvalue weighted by atomic mass is 10.2. The second-order valence-corrected chi connectivity index (χ2v) is 8.35. The van der Waals surface area contributed by atoms with Crippen LogP contribution in [0.25, 0.3) is 0 Å². The van der Waals surface area contributed by atoms with Gasteiger partial charge in [-0.2, -0.15) is 0 Å². The Morgan fingerprint density at radius 1 is 1.10 bits per heavy atom. The normalized spacial score (nSPS) is 14.6. The van der Waals surface area contributed by atoms with Gasteiger partial charge in [0.2, 0.25) is 0 Å². The van der Waals surface area contributed by atoms with Gasteiger partial charge < -0.3 is 19.7 Å². The molecule has 0 bridgehead atoms. The Balaban J connectivity index is 0.00000300. The fraction of sp³-hybridized carbons (Fsp3) is 0.400. The van der Waals surface area contributed by atoms with Gasteiger partial charge in [0.1, 0.15) is 5.75 Å². The lowest BCUT2D eigenvalue weighted by Gasteiger charge is -2.25. The van der Waals surface area contributed by atoms with Crippen LogP contribution < -0.4 is 19.7 Å². The van der Waals surface area contributed by atoms with Crippen LogP contribution in [0.3, 0.4) is 0 Å². The zero-order chi connectivity index (χ0) is 20.0. The van der Waals surface area contributed by atoms with Gasteiger partial charge in [0.25, 0.3) is 10.0 Å². The van der Waals surface area contributed by atoms with Crippen LogP contribution in [-0.4, -0.2) is 48.8 Å². The lowest BCUT2D eigenvalue weighted by Crippen LogP contribution is -2.28. The third-order valence-corrected chi connectivity index (χ3v) is 6.01. The summed E-state index contributed by atoms with van der Waals surface area (Å²) in [6, 6.07) is 12.2. The van der Waals surface area contributed by atoms with E-state index in [0.717, 1.165) is 43.9 Å². The zero-order valence-corrected chi connectivity index (χ0v) is 18.3. The van der Waals surface area contributed by atoms with E-state index in [9.17, 15) is 8.42 Å². The van der Waals surface area contributed by atoms with Gasteiger partial charge in [-0.05, 0) is 48.9 Å². The van der Waals surface area contributed by atoms with Gasteiger partial charge in [0.15, 0.2) is 0 Å². The topological polar surface area (TPSA) is 79.9 Å². The van der Waals surface area contributed by atoms with Crippen molar-refractivity contribution in [3.05, 3.63) is 48.0 Å². The van der Waals surface area contributed by atoms with E-state index in [4.69, 9.17) is 9.47 Å². The third-order valence-electron chi connectivity index (χ3n) is 4.63. The Morgan fingerprint density at radius 2 is 1.93 bits per heavy atom.